The van der Waals surface area contributed by atoms with Gasteiger partial charge in [-0.05, 0) is 0 Å². The van der Waals surface area contributed by atoms with Gasteiger partial charge in [-0.25, -0.2) is 0 Å². The van der Waals surface area contributed by atoms with Gasteiger partial charge in [-0.15, -0.1) is 0 Å². The van der Waals surface area contributed by atoms with Crippen LogP contribution in [0.25, 0.3) is 0 Å². The minimum absolute atomic E-state index is 0.190. The Kier molecular flexibility index (Phi) is 1.33. The zero-order valence-electron chi connectivity index (χ0n) is 6.59. The van der Waals surface area contributed by atoms with Gasteiger partial charge in [0.25, 0.3) is 0 Å². The molecule has 58 valence electrons. The molecule has 1 aliphatic rings. The van der Waals surface area contributed by atoms with Crippen molar-refractivity contribution in [2.75, 3.05) is 5.32 Å². The molecule has 1 N–H and O–H groups in total. The molecule has 0 unspecified atom stereocenters. The van der Waals surface area contributed by atoms with Gasteiger partial charge in [0.2, 0.25) is 0 Å². The van der Waals surface area contributed by atoms with Crippen LogP contribution in [0.2, 0.25) is 0 Å². The van der Waals surface area contributed by atoms with Crippen LogP contribution in [0.15, 0.2) is 6.07 Å². The predicted octanol–water partition coefficient (Wildman–Crippen LogP) is -0.842. The van der Waals surface area contributed by atoms with Crippen molar-refractivity contribution in [3.8, 4) is 0 Å². The quantitative estimate of drug-likeness (QED) is 0.502. The molecule has 1 amide bonds. The second kappa shape index (κ2) is 2.23. The fourth-order valence-electron chi connectivity index (χ4n) is 1.11. The minimum atomic E-state index is -0.190. The molecule has 5 heteroatoms. The second-order valence-corrected chi connectivity index (χ2v) is 2.68. The normalized spacial score (nSPS) is 14.3. The predicted molar refractivity (Wildman–Crippen MR) is 46.7 cm³/mol. The number of rotatable bonds is 0. The van der Waals surface area contributed by atoms with Gasteiger partial charge in [0.05, 0.1) is 0 Å². The number of nitrogens with zero attached hydrogens (tertiary/aromatic N) is 2. The second-order valence-electron chi connectivity index (χ2n) is 2.68. The van der Waals surface area contributed by atoms with Gasteiger partial charge >= 0.3 is 69.2 Å². The van der Waals surface area contributed by atoms with Gasteiger partial charge in [-0.2, -0.15) is 0 Å². The average Bonchev–Trinajstić information content (AvgIpc) is 2.28. The summed E-state index contributed by atoms with van der Waals surface area (Å²) in [6, 6.07) is 1.78. The van der Waals surface area contributed by atoms with Crippen LogP contribution in [-0.2, 0) is 4.79 Å². The van der Waals surface area contributed by atoms with Gasteiger partial charge in [-0.3, -0.25) is 0 Å². The van der Waals surface area contributed by atoms with Crippen molar-refractivity contribution in [1.29, 1.82) is 0 Å². The Balaban J connectivity index is 2.62. The Morgan fingerprint density at radius 1 is 1.50 bits per heavy atom. The van der Waals surface area contributed by atoms with Crippen molar-refractivity contribution in [2.24, 2.45) is 0 Å². The van der Waals surface area contributed by atoms with E-state index in [1.54, 1.807) is 6.07 Å². The SMILES string of the molecule is B=C1C(=O)Nc2cc(C)nnc21. The first-order chi connectivity index (χ1) is 5.68. The van der Waals surface area contributed by atoms with Crippen molar-refractivity contribution in [3.05, 3.63) is 17.5 Å². The van der Waals surface area contributed by atoms with Crippen molar-refractivity contribution in [2.45, 2.75) is 6.92 Å². The van der Waals surface area contributed by atoms with E-state index < -0.39 is 0 Å². The third-order valence-corrected chi connectivity index (χ3v) is 1.72. The summed E-state index contributed by atoms with van der Waals surface area (Å²) >= 11 is 0. The topological polar surface area (TPSA) is 54.9 Å². The summed E-state index contributed by atoms with van der Waals surface area (Å²) in [7, 11) is 3.59. The molecule has 0 saturated heterocycles. The number of aromatic nitrogens is 2. The molecule has 12 heavy (non-hydrogen) atoms. The van der Waals surface area contributed by atoms with Crippen molar-refractivity contribution in [3.63, 3.8) is 0 Å². The first-order valence-corrected chi connectivity index (χ1v) is 3.53. The first-order valence-electron chi connectivity index (χ1n) is 3.53. The summed E-state index contributed by atoms with van der Waals surface area (Å²) in [6.07, 6.45) is 0. The van der Waals surface area contributed by atoms with Crippen LogP contribution < -0.4 is 5.32 Å². The number of carbonyl (C=O) groups is 1. The Bertz CT molecular complexity index is 388. The number of hydrogen-bond acceptors (Lipinski definition) is 3. The molecule has 0 aliphatic carbocycles. The van der Waals surface area contributed by atoms with E-state index in [-0.39, 0.29) is 5.91 Å². The molecule has 1 aromatic rings. The van der Waals surface area contributed by atoms with Crippen LogP contribution in [0.1, 0.15) is 11.4 Å². The molecule has 1 aliphatic heterocycles. The monoisotopic (exact) mass is 159 g/mol. The van der Waals surface area contributed by atoms with E-state index in [0.717, 1.165) is 5.69 Å². The summed E-state index contributed by atoms with van der Waals surface area (Å²) in [5.41, 5.74) is 2.43. The van der Waals surface area contributed by atoms with Crippen LogP contribution in [-0.4, -0.2) is 29.1 Å². The number of aryl methyl sites for hydroxylation is 1. The molecule has 2 heterocycles. The molecule has 1 aromatic heterocycles. The zero-order valence-corrected chi connectivity index (χ0v) is 6.59. The third kappa shape index (κ3) is 0.862. The van der Waals surface area contributed by atoms with Gasteiger partial charge in [0.1, 0.15) is 0 Å². The van der Waals surface area contributed by atoms with Crippen LogP contribution in [0.4, 0.5) is 5.69 Å². The molecule has 4 nitrogen and oxygen atoms in total. The number of amides is 1. The third-order valence-electron chi connectivity index (χ3n) is 1.72. The van der Waals surface area contributed by atoms with Gasteiger partial charge in [-0.1, -0.05) is 0 Å². The van der Waals surface area contributed by atoms with Crippen molar-refractivity contribution >= 4 is 24.5 Å². The molecule has 0 radical (unpaired) electrons. The Morgan fingerprint density at radius 3 is 3.00 bits per heavy atom. The summed E-state index contributed by atoms with van der Waals surface area (Å²) in [5, 5.41) is 10.3. The van der Waals surface area contributed by atoms with Crippen molar-refractivity contribution in [1.82, 2.24) is 10.2 Å². The first kappa shape index (κ1) is 7.15. The number of fused-ring (bicyclic) bond motifs is 1. The molecule has 0 atom stereocenters. The van der Waals surface area contributed by atoms with Gasteiger partial charge in [0.15, 0.2) is 0 Å². The summed E-state index contributed by atoms with van der Waals surface area (Å²) < 4.78 is 0. The van der Waals surface area contributed by atoms with Crippen LogP contribution in [0.3, 0.4) is 0 Å². The average molecular weight is 159 g/mol. The number of nitrogens with one attached hydrogen (secondary N) is 1. The maximum absolute atomic E-state index is 11.1. The number of anilines is 1. The Hall–Kier alpha value is -1.52. The molecular weight excluding hydrogens is 153 g/mol. The fourth-order valence-corrected chi connectivity index (χ4v) is 1.11. The van der Waals surface area contributed by atoms with E-state index in [2.05, 4.69) is 23.0 Å². The van der Waals surface area contributed by atoms with E-state index in [1.165, 1.54) is 0 Å². The van der Waals surface area contributed by atoms with E-state index in [1.807, 2.05) is 6.92 Å². The zero-order chi connectivity index (χ0) is 8.72. The van der Waals surface area contributed by atoms with Crippen LogP contribution >= 0.6 is 0 Å². The van der Waals surface area contributed by atoms with E-state index in [9.17, 15) is 4.79 Å². The summed E-state index contributed by atoms with van der Waals surface area (Å²) in [4.78, 5) is 11.1. The van der Waals surface area contributed by atoms with Gasteiger partial charge in [0, 0.05) is 0 Å². The molecule has 0 aromatic carbocycles. The standard InChI is InChI=1S/C7H6BN3O/c1-3-2-4-6(11-10-3)5(8)7(12)9-4/h2,8H,1H3,(H,9,12). The molecular formula is C7H6BN3O. The van der Waals surface area contributed by atoms with E-state index in [0.29, 0.717) is 16.8 Å². The maximum atomic E-state index is 11.1. The van der Waals surface area contributed by atoms with Crippen LogP contribution in [0.5, 0.6) is 0 Å². The van der Waals surface area contributed by atoms with Crippen LogP contribution in [0, 0.1) is 6.92 Å². The molecule has 0 spiro atoms. The Labute approximate surface area is 70.1 Å². The molecule has 0 bridgehead atoms. The molecule has 0 fully saturated rings. The fraction of sp³-hybridized carbons (Fsp3) is 0.143. The summed E-state index contributed by atoms with van der Waals surface area (Å²) in [6.45, 7) is 1.82. The Morgan fingerprint density at radius 2 is 2.25 bits per heavy atom. The van der Waals surface area contributed by atoms with E-state index in [4.69, 9.17) is 0 Å². The summed E-state index contributed by atoms with van der Waals surface area (Å²) in [5.74, 6) is -0.190. The van der Waals surface area contributed by atoms with Gasteiger partial charge < -0.3 is 0 Å². The molecule has 2 rings (SSSR count). The molecule has 0 saturated carbocycles. The number of carbonyl (C=O) groups excluding carboxylic acids is 1. The number of hydrogen-bond donors (Lipinski definition) is 1. The van der Waals surface area contributed by atoms with E-state index >= 15 is 0 Å². The van der Waals surface area contributed by atoms with Crippen molar-refractivity contribution < 1.29 is 4.79 Å².